The summed E-state index contributed by atoms with van der Waals surface area (Å²) in [7, 11) is 0. The molecule has 0 N–H and O–H groups in total. The van der Waals surface area contributed by atoms with E-state index in [0.29, 0.717) is 13.0 Å². The van der Waals surface area contributed by atoms with Gasteiger partial charge in [0.15, 0.2) is 0 Å². The molecule has 0 saturated carbocycles. The van der Waals surface area contributed by atoms with Crippen LogP contribution in [0.15, 0.2) is 0 Å². The predicted molar refractivity (Wildman–Crippen MR) is 40.3 cm³/mol. The van der Waals surface area contributed by atoms with Gasteiger partial charge in [0.1, 0.15) is 11.7 Å². The van der Waals surface area contributed by atoms with Gasteiger partial charge in [-0.3, -0.25) is 9.59 Å². The molecular weight excluding hydrogens is 160 g/mol. The highest BCUT2D eigenvalue weighted by molar-refractivity contribution is 5.98. The molecule has 68 valence electrons. The van der Waals surface area contributed by atoms with Crippen LogP contribution < -0.4 is 0 Å². The maximum absolute atomic E-state index is 11.0. The van der Waals surface area contributed by atoms with Gasteiger partial charge in [0, 0.05) is 13.0 Å². The van der Waals surface area contributed by atoms with E-state index in [0.717, 1.165) is 0 Å². The van der Waals surface area contributed by atoms with Crippen molar-refractivity contribution in [2.75, 3.05) is 6.61 Å². The van der Waals surface area contributed by atoms with Crippen molar-refractivity contribution >= 4 is 11.8 Å². The monoisotopic (exact) mass is 172 g/mol. The maximum atomic E-state index is 11.0. The van der Waals surface area contributed by atoms with Crippen molar-refractivity contribution in [3.05, 3.63) is 0 Å². The summed E-state index contributed by atoms with van der Waals surface area (Å²) in [6.45, 7) is 3.69. The average Bonchev–Trinajstić information content (AvgIpc) is 2.32. The minimum atomic E-state index is -0.610. The number of cyclic esters (lactones) is 1. The molecule has 1 aliphatic rings. The van der Waals surface area contributed by atoms with E-state index in [9.17, 15) is 9.59 Å². The molecule has 0 amide bonds. The fourth-order valence-electron chi connectivity index (χ4n) is 1.17. The first-order chi connectivity index (χ1) is 5.65. The smallest absolute Gasteiger partial charge is 0.319 e. The van der Waals surface area contributed by atoms with Gasteiger partial charge in [-0.1, -0.05) is 0 Å². The molecule has 0 unspecified atom stereocenters. The summed E-state index contributed by atoms with van der Waals surface area (Å²) in [4.78, 5) is 21.8. The molecule has 2 atom stereocenters. The van der Waals surface area contributed by atoms with Crippen LogP contribution in [0.25, 0.3) is 0 Å². The van der Waals surface area contributed by atoms with Crippen LogP contribution in [0.4, 0.5) is 0 Å². The first-order valence-corrected chi connectivity index (χ1v) is 3.97. The lowest BCUT2D eigenvalue weighted by molar-refractivity contribution is -0.162. The number of hydrogen-bond acceptors (Lipinski definition) is 4. The number of ketones is 1. The van der Waals surface area contributed by atoms with Crippen molar-refractivity contribution in [2.45, 2.75) is 26.6 Å². The van der Waals surface area contributed by atoms with Gasteiger partial charge in [0.05, 0.1) is 0 Å². The van der Waals surface area contributed by atoms with Crippen molar-refractivity contribution in [3.63, 3.8) is 0 Å². The van der Waals surface area contributed by atoms with E-state index in [-0.39, 0.29) is 5.78 Å². The summed E-state index contributed by atoms with van der Waals surface area (Å²) >= 11 is 0. The number of esters is 1. The van der Waals surface area contributed by atoms with Crippen LogP contribution in [0.1, 0.15) is 20.3 Å². The molecule has 12 heavy (non-hydrogen) atoms. The molecule has 0 aromatic rings. The number of Topliss-reactive ketones (excluding diaryl/α,β-unsaturated/α-hetero) is 1. The maximum Gasteiger partial charge on any atom is 0.319 e. The molecule has 0 aromatic carbocycles. The van der Waals surface area contributed by atoms with Gasteiger partial charge in [0.2, 0.25) is 6.29 Å². The average molecular weight is 172 g/mol. The van der Waals surface area contributed by atoms with Gasteiger partial charge < -0.3 is 9.47 Å². The Kier molecular flexibility index (Phi) is 2.81. The minimum absolute atomic E-state index is 0.151. The lowest BCUT2D eigenvalue weighted by Crippen LogP contribution is -2.15. The van der Waals surface area contributed by atoms with E-state index in [1.807, 2.05) is 6.92 Å². The molecule has 0 spiro atoms. The fourth-order valence-corrected chi connectivity index (χ4v) is 1.17. The number of carbonyl (C=O) groups is 2. The predicted octanol–water partition coefficient (Wildman–Crippen LogP) is 0.501. The largest absolute Gasteiger partial charge is 0.435 e. The van der Waals surface area contributed by atoms with E-state index >= 15 is 0 Å². The second-order valence-electron chi connectivity index (χ2n) is 2.72. The molecule has 1 aliphatic heterocycles. The molecule has 0 aliphatic carbocycles. The van der Waals surface area contributed by atoms with Crippen molar-refractivity contribution in [1.82, 2.24) is 0 Å². The van der Waals surface area contributed by atoms with E-state index in [4.69, 9.17) is 9.47 Å². The Bertz CT molecular complexity index is 199. The minimum Gasteiger partial charge on any atom is -0.435 e. The summed E-state index contributed by atoms with van der Waals surface area (Å²) in [6, 6.07) is 0. The van der Waals surface area contributed by atoms with E-state index in [1.165, 1.54) is 6.92 Å². The third kappa shape index (κ3) is 1.82. The van der Waals surface area contributed by atoms with Crippen LogP contribution in [-0.2, 0) is 19.1 Å². The summed E-state index contributed by atoms with van der Waals surface area (Å²) in [6.07, 6.45) is -0.154. The Balaban J connectivity index is 2.50. The van der Waals surface area contributed by atoms with Gasteiger partial charge in [0.25, 0.3) is 0 Å². The van der Waals surface area contributed by atoms with Crippen molar-refractivity contribution in [2.24, 2.45) is 5.92 Å². The highest BCUT2D eigenvalue weighted by atomic mass is 16.7. The van der Waals surface area contributed by atoms with E-state index in [1.54, 1.807) is 0 Å². The molecule has 0 aromatic heterocycles. The Labute approximate surface area is 70.8 Å². The zero-order chi connectivity index (χ0) is 9.14. The van der Waals surface area contributed by atoms with Gasteiger partial charge in [-0.2, -0.15) is 0 Å². The second kappa shape index (κ2) is 3.67. The van der Waals surface area contributed by atoms with Gasteiger partial charge in [-0.25, -0.2) is 0 Å². The van der Waals surface area contributed by atoms with Crippen molar-refractivity contribution < 1.29 is 19.1 Å². The first kappa shape index (κ1) is 9.19. The Morgan fingerprint density at radius 2 is 2.42 bits per heavy atom. The Morgan fingerprint density at radius 3 is 2.83 bits per heavy atom. The zero-order valence-corrected chi connectivity index (χ0v) is 7.20. The summed E-state index contributed by atoms with van der Waals surface area (Å²) in [5, 5.41) is 0. The lowest BCUT2D eigenvalue weighted by Gasteiger charge is -2.06. The van der Waals surface area contributed by atoms with Gasteiger partial charge in [-0.05, 0) is 13.8 Å². The SMILES string of the molecule is CCO[C@H]1C[C@H](C(C)=O)C(=O)O1. The fraction of sp³-hybridized carbons (Fsp3) is 0.750. The molecule has 0 bridgehead atoms. The van der Waals surface area contributed by atoms with Crippen LogP contribution in [0.5, 0.6) is 0 Å². The number of hydrogen-bond donors (Lipinski definition) is 0. The molecule has 1 heterocycles. The Morgan fingerprint density at radius 1 is 1.75 bits per heavy atom. The summed E-state index contributed by atoms with van der Waals surface area (Å²) < 4.78 is 9.85. The van der Waals surface area contributed by atoms with Gasteiger partial charge >= 0.3 is 5.97 Å². The van der Waals surface area contributed by atoms with E-state index in [2.05, 4.69) is 0 Å². The van der Waals surface area contributed by atoms with Crippen LogP contribution in [0, 0.1) is 5.92 Å². The topological polar surface area (TPSA) is 52.6 Å². The highest BCUT2D eigenvalue weighted by Crippen LogP contribution is 2.22. The Hall–Kier alpha value is -0.900. The number of ether oxygens (including phenoxy) is 2. The standard InChI is InChI=1S/C8H12O4/c1-3-11-7-4-6(5(2)9)8(10)12-7/h6-7H,3-4H2,1-2H3/t6-,7-/m1/s1. The highest BCUT2D eigenvalue weighted by Gasteiger charge is 2.37. The first-order valence-electron chi connectivity index (χ1n) is 3.97. The quantitative estimate of drug-likeness (QED) is 0.459. The number of rotatable bonds is 3. The third-order valence-electron chi connectivity index (χ3n) is 1.80. The van der Waals surface area contributed by atoms with Crippen LogP contribution in [-0.4, -0.2) is 24.6 Å². The molecular formula is C8H12O4. The third-order valence-corrected chi connectivity index (χ3v) is 1.80. The molecule has 1 rings (SSSR count). The molecule has 4 heteroatoms. The van der Waals surface area contributed by atoms with E-state index < -0.39 is 18.2 Å². The number of carbonyl (C=O) groups excluding carboxylic acids is 2. The van der Waals surface area contributed by atoms with Crippen LogP contribution in [0.3, 0.4) is 0 Å². The normalized spacial score (nSPS) is 28.7. The molecule has 1 saturated heterocycles. The summed E-state index contributed by atoms with van der Waals surface area (Å²) in [5.41, 5.74) is 0. The summed E-state index contributed by atoms with van der Waals surface area (Å²) in [5.74, 6) is -1.22. The van der Waals surface area contributed by atoms with Crippen molar-refractivity contribution in [3.8, 4) is 0 Å². The van der Waals surface area contributed by atoms with Gasteiger partial charge in [-0.15, -0.1) is 0 Å². The molecule has 1 fully saturated rings. The van der Waals surface area contributed by atoms with Crippen LogP contribution >= 0.6 is 0 Å². The van der Waals surface area contributed by atoms with Crippen LogP contribution in [0.2, 0.25) is 0 Å². The second-order valence-corrected chi connectivity index (χ2v) is 2.72. The molecule has 4 nitrogen and oxygen atoms in total. The van der Waals surface area contributed by atoms with Crippen molar-refractivity contribution in [1.29, 1.82) is 0 Å². The molecule has 0 radical (unpaired) electrons. The lowest BCUT2D eigenvalue weighted by atomic mass is 10.0. The zero-order valence-electron chi connectivity index (χ0n) is 7.20.